The van der Waals surface area contributed by atoms with Crippen LogP contribution in [0.1, 0.15) is 18.5 Å². The summed E-state index contributed by atoms with van der Waals surface area (Å²) in [6.07, 6.45) is 0.712. The summed E-state index contributed by atoms with van der Waals surface area (Å²) in [5.41, 5.74) is 6.54. The fourth-order valence-electron chi connectivity index (χ4n) is 1.68. The topological polar surface area (TPSA) is 115 Å². The van der Waals surface area contributed by atoms with Gasteiger partial charge in [0.1, 0.15) is 11.6 Å². The molecule has 3 N–H and O–H groups in total. The first kappa shape index (κ1) is 18.6. The van der Waals surface area contributed by atoms with Gasteiger partial charge in [0.15, 0.2) is 16.6 Å². The number of aliphatic hydroxyl groups excluding tert-OH is 1. The van der Waals surface area contributed by atoms with Gasteiger partial charge in [-0.2, -0.15) is 0 Å². The van der Waals surface area contributed by atoms with Gasteiger partial charge in [0.05, 0.1) is 15.9 Å². The lowest BCUT2D eigenvalue weighted by molar-refractivity contribution is -0.116. The monoisotopic (exact) mass is 416 g/mol. The predicted molar refractivity (Wildman–Crippen MR) is 90.8 cm³/mol. The summed E-state index contributed by atoms with van der Waals surface area (Å²) in [7, 11) is 0. The Hall–Kier alpha value is -1.78. The Morgan fingerprint density at radius 3 is 2.96 bits per heavy atom. The van der Waals surface area contributed by atoms with Gasteiger partial charge in [0, 0.05) is 13.0 Å². The number of aliphatic imine (C=N–C) groups is 1. The highest BCUT2D eigenvalue weighted by atomic mass is 79.9. The van der Waals surface area contributed by atoms with Gasteiger partial charge in [-0.1, -0.05) is 11.8 Å². The van der Waals surface area contributed by atoms with Crippen molar-refractivity contribution in [1.29, 1.82) is 0 Å². The van der Waals surface area contributed by atoms with Crippen molar-refractivity contribution in [2.24, 2.45) is 10.7 Å². The summed E-state index contributed by atoms with van der Waals surface area (Å²) in [6, 6.07) is 4.19. The van der Waals surface area contributed by atoms with Crippen molar-refractivity contribution in [1.82, 2.24) is 10.3 Å². The van der Waals surface area contributed by atoms with E-state index in [2.05, 4.69) is 35.9 Å². The average molecular weight is 417 g/mol. The lowest BCUT2D eigenvalue weighted by atomic mass is 10.2. The quantitative estimate of drug-likeness (QED) is 0.385. The Morgan fingerprint density at radius 2 is 2.25 bits per heavy atom. The number of aromatic nitrogens is 2. The van der Waals surface area contributed by atoms with E-state index in [1.54, 1.807) is 0 Å². The molecule has 0 bridgehead atoms. The molecule has 10 heteroatoms. The summed E-state index contributed by atoms with van der Waals surface area (Å²) in [6.45, 7) is -0.0278. The summed E-state index contributed by atoms with van der Waals surface area (Å²) >= 11 is 4.20. The number of thioether (sulfide) groups is 1. The van der Waals surface area contributed by atoms with Gasteiger partial charge in [-0.25, -0.2) is 14.0 Å². The van der Waals surface area contributed by atoms with Gasteiger partial charge in [0.25, 0.3) is 0 Å². The van der Waals surface area contributed by atoms with Crippen LogP contribution in [0.3, 0.4) is 0 Å². The number of amidine groups is 1. The van der Waals surface area contributed by atoms with Gasteiger partial charge in [-0.3, -0.25) is 4.79 Å². The van der Waals surface area contributed by atoms with E-state index in [4.69, 9.17) is 10.8 Å². The number of aliphatic hydroxyl groups is 1. The largest absolute Gasteiger partial charge is 0.396 e. The molecule has 0 unspecified atom stereocenters. The summed E-state index contributed by atoms with van der Waals surface area (Å²) in [5.74, 6) is -0.231. The normalized spacial score (nSPS) is 11.7. The van der Waals surface area contributed by atoms with E-state index in [0.29, 0.717) is 17.1 Å². The number of rotatable bonds is 8. The standard InChI is InChI=1S/C14H14BrFN4O3S/c15-10-6-8(3-4-11(10)16)18-13(17)12-14(20-23-19-12)24-7-9(22)2-1-5-21/h3-4,6,21H,1-2,5,7H2,(H2,17,18). The lowest BCUT2D eigenvalue weighted by Crippen LogP contribution is -2.15. The van der Waals surface area contributed by atoms with Gasteiger partial charge in [0.2, 0.25) is 0 Å². The molecule has 0 aliphatic heterocycles. The highest BCUT2D eigenvalue weighted by Gasteiger charge is 2.16. The number of Topliss-reactive ketones (excluding diaryl/α,β-unsaturated/α-hetero) is 1. The van der Waals surface area contributed by atoms with Crippen molar-refractivity contribution in [2.75, 3.05) is 12.4 Å². The van der Waals surface area contributed by atoms with Crippen molar-refractivity contribution in [3.05, 3.63) is 34.2 Å². The van der Waals surface area contributed by atoms with Crippen LogP contribution in [0.5, 0.6) is 0 Å². The third kappa shape index (κ3) is 5.11. The van der Waals surface area contributed by atoms with Crippen LogP contribution in [0, 0.1) is 5.82 Å². The Labute approximate surface area is 149 Å². The van der Waals surface area contributed by atoms with Crippen LogP contribution < -0.4 is 5.73 Å². The van der Waals surface area contributed by atoms with Gasteiger partial charge < -0.3 is 10.8 Å². The number of benzene rings is 1. The molecule has 0 saturated heterocycles. The van der Waals surface area contributed by atoms with E-state index >= 15 is 0 Å². The number of ketones is 1. The molecule has 7 nitrogen and oxygen atoms in total. The Bertz CT molecular complexity index is 753. The lowest BCUT2D eigenvalue weighted by Gasteiger charge is -2.01. The highest BCUT2D eigenvalue weighted by molar-refractivity contribution is 9.10. The molecular weight excluding hydrogens is 403 g/mol. The molecule has 0 fully saturated rings. The van der Waals surface area contributed by atoms with E-state index in [-0.39, 0.29) is 40.6 Å². The smallest absolute Gasteiger partial charge is 0.183 e. The van der Waals surface area contributed by atoms with E-state index in [1.165, 1.54) is 18.2 Å². The Morgan fingerprint density at radius 1 is 1.46 bits per heavy atom. The molecule has 1 heterocycles. The second-order valence-electron chi connectivity index (χ2n) is 4.67. The first-order chi connectivity index (χ1) is 11.5. The van der Waals surface area contributed by atoms with E-state index in [0.717, 1.165) is 11.8 Å². The molecule has 2 aromatic rings. The zero-order valence-electron chi connectivity index (χ0n) is 12.4. The number of nitrogens with two attached hydrogens (primary N) is 1. The molecule has 1 aromatic heterocycles. The molecule has 0 atom stereocenters. The van der Waals surface area contributed by atoms with Crippen LogP contribution in [-0.2, 0) is 4.79 Å². The second-order valence-corrected chi connectivity index (χ2v) is 6.49. The van der Waals surface area contributed by atoms with Crippen molar-refractivity contribution in [3.8, 4) is 0 Å². The molecule has 0 saturated carbocycles. The van der Waals surface area contributed by atoms with Crippen molar-refractivity contribution >= 4 is 45.0 Å². The molecule has 0 radical (unpaired) electrons. The van der Waals surface area contributed by atoms with Gasteiger partial charge in [-0.05, 0) is 50.9 Å². The van der Waals surface area contributed by atoms with Crippen LogP contribution in [0.2, 0.25) is 0 Å². The molecular formula is C14H14BrFN4O3S. The number of carbonyl (C=O) groups is 1. The minimum Gasteiger partial charge on any atom is -0.396 e. The van der Waals surface area contributed by atoms with Crippen LogP contribution in [0.25, 0.3) is 0 Å². The Kier molecular flexibility index (Phi) is 6.88. The summed E-state index contributed by atoms with van der Waals surface area (Å²) < 4.78 is 18.1. The number of halogens is 2. The number of hydrogen-bond acceptors (Lipinski definition) is 7. The zero-order valence-corrected chi connectivity index (χ0v) is 14.8. The average Bonchev–Trinajstić information content (AvgIpc) is 3.03. The first-order valence-electron chi connectivity index (χ1n) is 6.88. The fourth-order valence-corrected chi connectivity index (χ4v) is 2.85. The molecule has 0 amide bonds. The zero-order chi connectivity index (χ0) is 17.5. The van der Waals surface area contributed by atoms with Gasteiger partial charge >= 0.3 is 0 Å². The minimum atomic E-state index is -0.409. The highest BCUT2D eigenvalue weighted by Crippen LogP contribution is 2.24. The van der Waals surface area contributed by atoms with Gasteiger partial charge in [-0.15, -0.1) is 0 Å². The van der Waals surface area contributed by atoms with Crippen LogP contribution >= 0.6 is 27.7 Å². The first-order valence-corrected chi connectivity index (χ1v) is 8.66. The molecule has 0 aliphatic rings. The molecule has 128 valence electrons. The van der Waals surface area contributed by atoms with E-state index in [1.807, 2.05) is 0 Å². The van der Waals surface area contributed by atoms with Crippen molar-refractivity contribution in [3.63, 3.8) is 0 Å². The Balaban J connectivity index is 2.09. The molecule has 1 aromatic carbocycles. The van der Waals surface area contributed by atoms with Crippen molar-refractivity contribution in [2.45, 2.75) is 17.9 Å². The summed E-state index contributed by atoms with van der Waals surface area (Å²) in [4.78, 5) is 15.8. The maximum Gasteiger partial charge on any atom is 0.183 e. The maximum absolute atomic E-state index is 13.2. The molecule has 2 rings (SSSR count). The summed E-state index contributed by atoms with van der Waals surface area (Å²) in [5, 5.41) is 16.4. The molecule has 0 aliphatic carbocycles. The SMILES string of the molecule is NC(=Nc1ccc(F)c(Br)c1)c1nonc1SCC(=O)CCCO. The van der Waals surface area contributed by atoms with E-state index < -0.39 is 5.82 Å². The maximum atomic E-state index is 13.2. The fraction of sp³-hybridized carbons (Fsp3) is 0.286. The number of nitrogens with zero attached hydrogens (tertiary/aromatic N) is 3. The van der Waals surface area contributed by atoms with Crippen LogP contribution in [0.15, 0.2) is 37.3 Å². The molecule has 0 spiro atoms. The minimum absolute atomic E-state index is 0.0269. The molecule has 24 heavy (non-hydrogen) atoms. The predicted octanol–water partition coefficient (Wildman–Crippen LogP) is 2.44. The van der Waals surface area contributed by atoms with Crippen LogP contribution in [-0.4, -0.2) is 39.4 Å². The van der Waals surface area contributed by atoms with Crippen LogP contribution in [0.4, 0.5) is 10.1 Å². The third-order valence-corrected chi connectivity index (χ3v) is 4.45. The van der Waals surface area contributed by atoms with E-state index in [9.17, 15) is 9.18 Å². The number of carbonyl (C=O) groups excluding carboxylic acids is 1. The third-order valence-electron chi connectivity index (χ3n) is 2.84. The number of hydrogen-bond donors (Lipinski definition) is 2. The second kappa shape index (κ2) is 8.90. The van der Waals surface area contributed by atoms with Crippen molar-refractivity contribution < 1.29 is 18.9 Å².